The van der Waals surface area contributed by atoms with Crippen LogP contribution >= 0.6 is 0 Å². The van der Waals surface area contributed by atoms with Crippen LogP contribution in [0.25, 0.3) is 0 Å². The molecular weight excluding hydrogens is 252 g/mol. The van der Waals surface area contributed by atoms with E-state index in [-0.39, 0.29) is 0 Å². The number of aromatic nitrogens is 3. The van der Waals surface area contributed by atoms with E-state index in [4.69, 9.17) is 0 Å². The summed E-state index contributed by atoms with van der Waals surface area (Å²) in [5.74, 6) is 0. The lowest BCUT2D eigenvalue weighted by molar-refractivity contribution is 0.617. The van der Waals surface area contributed by atoms with Crippen molar-refractivity contribution in [3.8, 4) is 0 Å². The highest BCUT2D eigenvalue weighted by molar-refractivity contribution is 6.88. The van der Waals surface area contributed by atoms with Gasteiger partial charge in [-0.05, 0) is 5.56 Å². The molecule has 1 aromatic carbocycles. The highest BCUT2D eigenvalue weighted by atomic mass is 28.3. The average molecular weight is 274 g/mol. The molecule has 0 fully saturated rings. The Balaban J connectivity index is 1.89. The van der Waals surface area contributed by atoms with Gasteiger partial charge in [-0.1, -0.05) is 54.3 Å². The van der Waals surface area contributed by atoms with Crippen molar-refractivity contribution in [2.24, 2.45) is 7.05 Å². The lowest BCUT2D eigenvalue weighted by Gasteiger charge is -2.16. The summed E-state index contributed by atoms with van der Waals surface area (Å²) < 4.78 is 1.79. The molecule has 0 radical (unpaired) electrons. The zero-order valence-corrected chi connectivity index (χ0v) is 13.1. The molecule has 0 spiro atoms. The molecule has 0 saturated heterocycles. The number of nitrogens with one attached hydrogen (secondary N) is 1. The second kappa shape index (κ2) is 5.67. The smallest absolute Gasteiger partial charge is 0.0775 e. The van der Waals surface area contributed by atoms with Crippen molar-refractivity contribution in [2.75, 3.05) is 0 Å². The van der Waals surface area contributed by atoms with E-state index < -0.39 is 8.07 Å². The summed E-state index contributed by atoms with van der Waals surface area (Å²) in [5.41, 5.74) is 2.41. The predicted molar refractivity (Wildman–Crippen MR) is 81.0 cm³/mol. The quantitative estimate of drug-likeness (QED) is 0.843. The van der Waals surface area contributed by atoms with Crippen LogP contribution in [0.2, 0.25) is 19.6 Å². The molecule has 5 heteroatoms. The second-order valence-corrected chi connectivity index (χ2v) is 11.0. The molecule has 19 heavy (non-hydrogen) atoms. The SMILES string of the molecule is Cn1nncc1CNCc1ccc([Si](C)(C)C)cc1. The minimum Gasteiger partial charge on any atom is -0.307 e. The van der Waals surface area contributed by atoms with E-state index >= 15 is 0 Å². The minimum absolute atomic E-state index is 0.791. The van der Waals surface area contributed by atoms with Gasteiger partial charge in [-0.3, -0.25) is 4.68 Å². The topological polar surface area (TPSA) is 42.7 Å². The molecule has 0 unspecified atom stereocenters. The molecule has 0 aliphatic heterocycles. The highest BCUT2D eigenvalue weighted by Crippen LogP contribution is 2.05. The third-order valence-electron chi connectivity index (χ3n) is 3.26. The van der Waals surface area contributed by atoms with Crippen molar-refractivity contribution in [3.05, 3.63) is 41.7 Å². The molecule has 1 N–H and O–H groups in total. The van der Waals surface area contributed by atoms with E-state index in [1.807, 2.05) is 7.05 Å². The molecular formula is C14H22N4Si. The van der Waals surface area contributed by atoms with Crippen LogP contribution < -0.4 is 10.5 Å². The van der Waals surface area contributed by atoms with Crippen molar-refractivity contribution in [2.45, 2.75) is 32.7 Å². The van der Waals surface area contributed by atoms with Crippen molar-refractivity contribution in [3.63, 3.8) is 0 Å². The van der Waals surface area contributed by atoms with E-state index in [9.17, 15) is 0 Å². The summed E-state index contributed by atoms with van der Waals surface area (Å²) >= 11 is 0. The summed E-state index contributed by atoms with van der Waals surface area (Å²) in [6.45, 7) is 8.78. The van der Waals surface area contributed by atoms with Gasteiger partial charge in [0.25, 0.3) is 0 Å². The molecule has 0 aliphatic carbocycles. The van der Waals surface area contributed by atoms with Crippen LogP contribution in [0.15, 0.2) is 30.5 Å². The monoisotopic (exact) mass is 274 g/mol. The van der Waals surface area contributed by atoms with Gasteiger partial charge in [0.2, 0.25) is 0 Å². The Bertz CT molecular complexity index is 525. The van der Waals surface area contributed by atoms with Gasteiger partial charge in [-0.25, -0.2) is 0 Å². The largest absolute Gasteiger partial charge is 0.307 e. The molecule has 1 heterocycles. The molecule has 4 nitrogen and oxygen atoms in total. The standard InChI is InChI=1S/C14H22N4Si/c1-18-13(11-16-17-18)10-15-9-12-5-7-14(8-6-12)19(2,3)4/h5-8,11,15H,9-10H2,1-4H3. The number of rotatable bonds is 5. The van der Waals surface area contributed by atoms with Crippen LogP contribution in [0.1, 0.15) is 11.3 Å². The molecule has 0 saturated carbocycles. The summed E-state index contributed by atoms with van der Waals surface area (Å²) in [7, 11) is 0.731. The number of aryl methyl sites for hydroxylation is 1. The molecule has 2 aromatic rings. The second-order valence-electron chi connectivity index (χ2n) is 5.90. The first-order valence-corrected chi connectivity index (χ1v) is 10.1. The Morgan fingerprint density at radius 1 is 1.11 bits per heavy atom. The predicted octanol–water partition coefficient (Wildman–Crippen LogP) is 1.65. The lowest BCUT2D eigenvalue weighted by atomic mass is 10.2. The third kappa shape index (κ3) is 3.75. The van der Waals surface area contributed by atoms with Crippen molar-refractivity contribution >= 4 is 13.3 Å². The lowest BCUT2D eigenvalue weighted by Crippen LogP contribution is -2.37. The van der Waals surface area contributed by atoms with Crippen molar-refractivity contribution in [1.82, 2.24) is 20.3 Å². The average Bonchev–Trinajstić information content (AvgIpc) is 2.75. The minimum atomic E-state index is -1.18. The summed E-state index contributed by atoms with van der Waals surface area (Å²) in [6, 6.07) is 8.99. The van der Waals surface area contributed by atoms with Crippen LogP contribution in [-0.4, -0.2) is 23.1 Å². The van der Waals surface area contributed by atoms with Gasteiger partial charge in [0.15, 0.2) is 0 Å². The van der Waals surface area contributed by atoms with Gasteiger partial charge in [0.05, 0.1) is 20.0 Å². The van der Waals surface area contributed by atoms with E-state index in [1.54, 1.807) is 10.9 Å². The fraction of sp³-hybridized carbons (Fsp3) is 0.429. The molecule has 0 aliphatic rings. The Morgan fingerprint density at radius 3 is 2.32 bits per heavy atom. The Kier molecular flexibility index (Phi) is 4.16. The molecule has 0 atom stereocenters. The van der Waals surface area contributed by atoms with Crippen LogP contribution in [0.4, 0.5) is 0 Å². The Labute approximate surface area is 115 Å². The van der Waals surface area contributed by atoms with Gasteiger partial charge >= 0.3 is 0 Å². The summed E-state index contributed by atoms with van der Waals surface area (Å²) in [6.07, 6.45) is 1.79. The Hall–Kier alpha value is -1.46. The van der Waals surface area contributed by atoms with Gasteiger partial charge in [-0.2, -0.15) is 0 Å². The first-order chi connectivity index (χ1) is 8.97. The number of hydrogen-bond donors (Lipinski definition) is 1. The highest BCUT2D eigenvalue weighted by Gasteiger charge is 2.15. The van der Waals surface area contributed by atoms with E-state index in [1.165, 1.54) is 10.8 Å². The first-order valence-electron chi connectivity index (χ1n) is 6.60. The van der Waals surface area contributed by atoms with E-state index in [0.29, 0.717) is 0 Å². The van der Waals surface area contributed by atoms with Gasteiger partial charge in [0, 0.05) is 20.1 Å². The maximum Gasteiger partial charge on any atom is 0.0775 e. The van der Waals surface area contributed by atoms with Gasteiger partial charge < -0.3 is 5.32 Å². The summed E-state index contributed by atoms with van der Waals surface area (Å²) in [5, 5.41) is 12.7. The number of hydrogen-bond acceptors (Lipinski definition) is 3. The molecule has 0 bridgehead atoms. The van der Waals surface area contributed by atoms with Crippen LogP contribution in [0, 0.1) is 0 Å². The zero-order chi connectivity index (χ0) is 13.9. The fourth-order valence-electron chi connectivity index (χ4n) is 1.93. The molecule has 2 rings (SSSR count). The van der Waals surface area contributed by atoms with E-state index in [0.717, 1.165) is 18.8 Å². The normalized spacial score (nSPS) is 11.8. The maximum absolute atomic E-state index is 3.91. The third-order valence-corrected chi connectivity index (χ3v) is 5.33. The molecule has 1 aromatic heterocycles. The van der Waals surface area contributed by atoms with Crippen molar-refractivity contribution in [1.29, 1.82) is 0 Å². The Morgan fingerprint density at radius 2 is 1.79 bits per heavy atom. The van der Waals surface area contributed by atoms with Gasteiger partial charge in [-0.15, -0.1) is 5.10 Å². The summed E-state index contributed by atoms with van der Waals surface area (Å²) in [4.78, 5) is 0. The number of nitrogens with zero attached hydrogens (tertiary/aromatic N) is 3. The van der Waals surface area contributed by atoms with Gasteiger partial charge in [0.1, 0.15) is 0 Å². The maximum atomic E-state index is 3.91. The molecule has 102 valence electrons. The van der Waals surface area contributed by atoms with Crippen molar-refractivity contribution < 1.29 is 0 Å². The van der Waals surface area contributed by atoms with Crippen LogP contribution in [-0.2, 0) is 20.1 Å². The van der Waals surface area contributed by atoms with E-state index in [2.05, 4.69) is 59.5 Å². The zero-order valence-electron chi connectivity index (χ0n) is 12.1. The van der Waals surface area contributed by atoms with Crippen LogP contribution in [0.3, 0.4) is 0 Å². The first kappa shape index (κ1) is 14.0. The van der Waals surface area contributed by atoms with Crippen LogP contribution in [0.5, 0.6) is 0 Å². The number of benzene rings is 1. The fourth-order valence-corrected chi connectivity index (χ4v) is 3.10. The molecule has 0 amide bonds.